The van der Waals surface area contributed by atoms with Crippen LogP contribution in [0.15, 0.2) is 18.6 Å². The summed E-state index contributed by atoms with van der Waals surface area (Å²) in [7, 11) is 0. The lowest BCUT2D eigenvalue weighted by Crippen LogP contribution is -2.09. The Bertz CT molecular complexity index is 507. The van der Waals surface area contributed by atoms with Crippen molar-refractivity contribution in [2.24, 2.45) is 5.92 Å². The average molecular weight is 248 g/mol. The SMILES string of the molecule is CCCNc1cn2ccnc2c(OCC(C)C)n1. The molecule has 2 aromatic rings. The standard InChI is InChI=1S/C13H20N4O/c1-4-5-14-11-8-17-7-6-15-12(17)13(16-11)18-9-10(2)3/h6-8,10,14H,4-5,9H2,1-3H3. The highest BCUT2D eigenvalue weighted by molar-refractivity contribution is 5.53. The van der Waals surface area contributed by atoms with Crippen molar-refractivity contribution < 1.29 is 4.74 Å². The summed E-state index contributed by atoms with van der Waals surface area (Å²) in [5.41, 5.74) is 0.762. The quantitative estimate of drug-likeness (QED) is 0.853. The van der Waals surface area contributed by atoms with Crippen LogP contribution in [0.5, 0.6) is 5.88 Å². The molecule has 2 rings (SSSR count). The Labute approximate surface area is 107 Å². The van der Waals surface area contributed by atoms with Gasteiger partial charge in [-0.1, -0.05) is 20.8 Å². The van der Waals surface area contributed by atoms with Crippen LogP contribution in [0.2, 0.25) is 0 Å². The maximum Gasteiger partial charge on any atom is 0.260 e. The highest BCUT2D eigenvalue weighted by atomic mass is 16.5. The Morgan fingerprint density at radius 1 is 1.44 bits per heavy atom. The number of rotatable bonds is 6. The number of ether oxygens (including phenoxy) is 1. The van der Waals surface area contributed by atoms with Crippen molar-refractivity contribution in [2.45, 2.75) is 27.2 Å². The molecule has 0 radical (unpaired) electrons. The zero-order valence-corrected chi connectivity index (χ0v) is 11.2. The molecule has 1 N–H and O–H groups in total. The summed E-state index contributed by atoms with van der Waals surface area (Å²) in [6.45, 7) is 7.90. The van der Waals surface area contributed by atoms with Gasteiger partial charge >= 0.3 is 0 Å². The molecule has 0 spiro atoms. The van der Waals surface area contributed by atoms with Gasteiger partial charge in [-0.25, -0.2) is 4.98 Å². The molecule has 0 aliphatic heterocycles. The molecule has 2 heterocycles. The molecule has 18 heavy (non-hydrogen) atoms. The van der Waals surface area contributed by atoms with Crippen LogP contribution in [0, 0.1) is 5.92 Å². The van der Waals surface area contributed by atoms with Crippen LogP contribution >= 0.6 is 0 Å². The van der Waals surface area contributed by atoms with Crippen molar-refractivity contribution in [3.63, 3.8) is 0 Å². The molecule has 0 atom stereocenters. The first kappa shape index (κ1) is 12.7. The Morgan fingerprint density at radius 2 is 2.28 bits per heavy atom. The summed E-state index contributed by atoms with van der Waals surface area (Å²) >= 11 is 0. The Hall–Kier alpha value is -1.78. The molecule has 0 aliphatic rings. The molecule has 0 amide bonds. The lowest BCUT2D eigenvalue weighted by atomic mass is 10.2. The molecule has 5 nitrogen and oxygen atoms in total. The van der Waals surface area contributed by atoms with Crippen molar-refractivity contribution in [1.82, 2.24) is 14.4 Å². The van der Waals surface area contributed by atoms with Crippen molar-refractivity contribution in [3.8, 4) is 5.88 Å². The fourth-order valence-corrected chi connectivity index (χ4v) is 1.58. The van der Waals surface area contributed by atoms with Gasteiger partial charge in [-0.2, -0.15) is 4.98 Å². The maximum atomic E-state index is 5.73. The van der Waals surface area contributed by atoms with Gasteiger partial charge < -0.3 is 10.1 Å². The average Bonchev–Trinajstić information content (AvgIpc) is 2.81. The first-order valence-corrected chi connectivity index (χ1v) is 6.41. The first-order valence-electron chi connectivity index (χ1n) is 6.41. The van der Waals surface area contributed by atoms with E-state index in [4.69, 9.17) is 4.74 Å². The molecule has 0 bridgehead atoms. The molecule has 0 saturated carbocycles. The molecule has 2 aromatic heterocycles. The van der Waals surface area contributed by atoms with Crippen LogP contribution in [0.1, 0.15) is 27.2 Å². The number of anilines is 1. The molecule has 0 fully saturated rings. The highest BCUT2D eigenvalue weighted by Gasteiger charge is 2.09. The summed E-state index contributed by atoms with van der Waals surface area (Å²) in [6.07, 6.45) is 6.64. The fraction of sp³-hybridized carbons (Fsp3) is 0.538. The topological polar surface area (TPSA) is 51.5 Å². The largest absolute Gasteiger partial charge is 0.475 e. The Balaban J connectivity index is 2.26. The van der Waals surface area contributed by atoms with Crippen LogP contribution in [0.25, 0.3) is 5.65 Å². The van der Waals surface area contributed by atoms with Gasteiger partial charge in [0, 0.05) is 18.9 Å². The molecule has 0 unspecified atom stereocenters. The Kier molecular flexibility index (Phi) is 4.02. The van der Waals surface area contributed by atoms with Gasteiger partial charge in [-0.3, -0.25) is 4.40 Å². The normalized spacial score (nSPS) is 11.1. The van der Waals surface area contributed by atoms with E-state index in [1.165, 1.54) is 0 Å². The molecule has 0 saturated heterocycles. The minimum Gasteiger partial charge on any atom is -0.475 e. The maximum absolute atomic E-state index is 5.73. The summed E-state index contributed by atoms with van der Waals surface area (Å²) in [5.74, 6) is 1.88. The Morgan fingerprint density at radius 3 is 3.00 bits per heavy atom. The number of nitrogens with one attached hydrogen (secondary N) is 1. The minimum absolute atomic E-state index is 0.467. The van der Waals surface area contributed by atoms with E-state index in [2.05, 4.69) is 36.1 Å². The summed E-state index contributed by atoms with van der Waals surface area (Å²) in [6, 6.07) is 0. The van der Waals surface area contributed by atoms with Crippen molar-refractivity contribution in [3.05, 3.63) is 18.6 Å². The van der Waals surface area contributed by atoms with Gasteiger partial charge in [0.2, 0.25) is 5.65 Å². The van der Waals surface area contributed by atoms with Crippen molar-refractivity contribution >= 4 is 11.5 Å². The minimum atomic E-state index is 0.467. The van der Waals surface area contributed by atoms with E-state index in [1.807, 2.05) is 16.8 Å². The van der Waals surface area contributed by atoms with Gasteiger partial charge in [-0.05, 0) is 12.3 Å². The second-order valence-electron chi connectivity index (χ2n) is 4.72. The molecular formula is C13H20N4O. The molecule has 0 aromatic carbocycles. The molecule has 5 heteroatoms. The first-order chi connectivity index (χ1) is 8.70. The van der Waals surface area contributed by atoms with E-state index in [0.717, 1.165) is 24.4 Å². The van der Waals surface area contributed by atoms with Crippen molar-refractivity contribution in [2.75, 3.05) is 18.5 Å². The summed E-state index contributed by atoms with van der Waals surface area (Å²) in [4.78, 5) is 8.73. The number of hydrogen-bond donors (Lipinski definition) is 1. The highest BCUT2D eigenvalue weighted by Crippen LogP contribution is 2.19. The predicted octanol–water partition coefficient (Wildman–Crippen LogP) is 2.59. The zero-order chi connectivity index (χ0) is 13.0. The van der Waals surface area contributed by atoms with Gasteiger partial charge in [-0.15, -0.1) is 0 Å². The lowest BCUT2D eigenvalue weighted by Gasteiger charge is -2.11. The van der Waals surface area contributed by atoms with E-state index in [-0.39, 0.29) is 0 Å². The number of nitrogens with zero attached hydrogens (tertiary/aromatic N) is 3. The van der Waals surface area contributed by atoms with Crippen LogP contribution in [-0.4, -0.2) is 27.5 Å². The van der Waals surface area contributed by atoms with E-state index < -0.39 is 0 Å². The smallest absolute Gasteiger partial charge is 0.260 e. The number of imidazole rings is 1. The second-order valence-corrected chi connectivity index (χ2v) is 4.72. The van der Waals surface area contributed by atoms with E-state index in [1.54, 1.807) is 6.20 Å². The zero-order valence-electron chi connectivity index (χ0n) is 11.2. The third-order valence-corrected chi connectivity index (χ3v) is 2.45. The van der Waals surface area contributed by atoms with Gasteiger partial charge in [0.15, 0.2) is 0 Å². The van der Waals surface area contributed by atoms with E-state index in [9.17, 15) is 0 Å². The third kappa shape index (κ3) is 2.91. The summed E-state index contributed by atoms with van der Waals surface area (Å²) < 4.78 is 7.66. The monoisotopic (exact) mass is 248 g/mol. The second kappa shape index (κ2) is 5.71. The number of aromatic nitrogens is 3. The van der Waals surface area contributed by atoms with Crippen LogP contribution in [0.4, 0.5) is 5.82 Å². The summed E-state index contributed by atoms with van der Waals surface area (Å²) in [5, 5.41) is 3.26. The molecule has 0 aliphatic carbocycles. The predicted molar refractivity (Wildman–Crippen MR) is 72.1 cm³/mol. The third-order valence-electron chi connectivity index (χ3n) is 2.45. The van der Waals surface area contributed by atoms with Crippen molar-refractivity contribution in [1.29, 1.82) is 0 Å². The van der Waals surface area contributed by atoms with Crippen LogP contribution < -0.4 is 10.1 Å². The van der Waals surface area contributed by atoms with E-state index in [0.29, 0.717) is 18.4 Å². The molecule has 98 valence electrons. The fourth-order valence-electron chi connectivity index (χ4n) is 1.58. The number of fused-ring (bicyclic) bond motifs is 1. The molecular weight excluding hydrogens is 228 g/mol. The van der Waals surface area contributed by atoms with Gasteiger partial charge in [0.05, 0.1) is 12.8 Å². The van der Waals surface area contributed by atoms with Gasteiger partial charge in [0.1, 0.15) is 5.82 Å². The van der Waals surface area contributed by atoms with E-state index >= 15 is 0 Å². The lowest BCUT2D eigenvalue weighted by molar-refractivity contribution is 0.263. The van der Waals surface area contributed by atoms with Crippen LogP contribution in [-0.2, 0) is 0 Å². The van der Waals surface area contributed by atoms with Crippen LogP contribution in [0.3, 0.4) is 0 Å². The van der Waals surface area contributed by atoms with Gasteiger partial charge in [0.25, 0.3) is 5.88 Å². The number of hydrogen-bond acceptors (Lipinski definition) is 4.